The Morgan fingerprint density at radius 2 is 1.83 bits per heavy atom. The number of fused-ring (bicyclic) bond motifs is 1. The van der Waals surface area contributed by atoms with Gasteiger partial charge in [-0.25, -0.2) is 0 Å². The fourth-order valence-electron chi connectivity index (χ4n) is 3.92. The van der Waals surface area contributed by atoms with Gasteiger partial charge in [-0.15, -0.1) is 0 Å². The number of hydrogen-bond acceptors (Lipinski definition) is 6. The van der Waals surface area contributed by atoms with E-state index in [9.17, 15) is 0 Å². The summed E-state index contributed by atoms with van der Waals surface area (Å²) in [5.74, 6) is 1.33. The first-order chi connectivity index (χ1) is 14.3. The van der Waals surface area contributed by atoms with Gasteiger partial charge in [-0.05, 0) is 31.2 Å². The number of para-hydroxylation sites is 1. The maximum Gasteiger partial charge on any atom is 0.257 e. The molecule has 5 rings (SSSR count). The molecule has 0 N–H and O–H groups in total. The minimum Gasteiger partial charge on any atom is -0.368 e. The van der Waals surface area contributed by atoms with E-state index in [0.29, 0.717) is 12.4 Å². The average molecular weight is 385 g/mol. The van der Waals surface area contributed by atoms with Crippen LogP contribution in [0.25, 0.3) is 22.4 Å². The topological polar surface area (TPSA) is 58.3 Å². The molecule has 6 heteroatoms. The number of hydrogen-bond donors (Lipinski definition) is 0. The summed E-state index contributed by atoms with van der Waals surface area (Å²) in [6.07, 6.45) is 1.90. The quantitative estimate of drug-likeness (QED) is 0.531. The smallest absolute Gasteiger partial charge is 0.257 e. The zero-order chi connectivity index (χ0) is 19.6. The first-order valence-corrected chi connectivity index (χ1v) is 9.97. The molecule has 1 aliphatic heterocycles. The van der Waals surface area contributed by atoms with Crippen LogP contribution in [0.2, 0.25) is 0 Å². The molecule has 0 spiro atoms. The largest absolute Gasteiger partial charge is 0.368 e. The van der Waals surface area contributed by atoms with Gasteiger partial charge in [0.05, 0.1) is 12.1 Å². The predicted octanol–water partition coefficient (Wildman–Crippen LogP) is 3.92. The Labute approximate surface area is 169 Å². The average Bonchev–Trinajstić information content (AvgIpc) is 3.22. The lowest BCUT2D eigenvalue weighted by atomic mass is 10.1. The molecule has 0 radical (unpaired) electrons. The number of nitrogens with zero attached hydrogens (tertiary/aromatic N) is 5. The van der Waals surface area contributed by atoms with Crippen LogP contribution < -0.4 is 4.90 Å². The Morgan fingerprint density at radius 1 is 0.966 bits per heavy atom. The highest BCUT2D eigenvalue weighted by molar-refractivity contribution is 5.91. The van der Waals surface area contributed by atoms with Crippen LogP contribution in [-0.2, 0) is 6.54 Å². The summed E-state index contributed by atoms with van der Waals surface area (Å²) in [7, 11) is 0. The fraction of sp³-hybridized carbons (Fsp3) is 0.261. The number of anilines is 1. The fourth-order valence-corrected chi connectivity index (χ4v) is 3.92. The van der Waals surface area contributed by atoms with Crippen LogP contribution in [0.1, 0.15) is 11.4 Å². The summed E-state index contributed by atoms with van der Waals surface area (Å²) in [5.41, 5.74) is 4.46. The molecule has 6 nitrogen and oxygen atoms in total. The molecule has 0 unspecified atom stereocenters. The second-order valence-corrected chi connectivity index (χ2v) is 7.50. The summed E-state index contributed by atoms with van der Waals surface area (Å²) in [6.45, 7) is 6.63. The zero-order valence-electron chi connectivity index (χ0n) is 16.5. The lowest BCUT2D eigenvalue weighted by Gasteiger charge is -2.36. The van der Waals surface area contributed by atoms with Crippen molar-refractivity contribution in [3.05, 3.63) is 72.2 Å². The highest BCUT2D eigenvalue weighted by Gasteiger charge is 2.20. The van der Waals surface area contributed by atoms with Gasteiger partial charge in [-0.3, -0.25) is 9.88 Å². The van der Waals surface area contributed by atoms with Gasteiger partial charge >= 0.3 is 0 Å². The second kappa shape index (κ2) is 7.64. The molecular weight excluding hydrogens is 362 g/mol. The third kappa shape index (κ3) is 3.71. The van der Waals surface area contributed by atoms with E-state index in [2.05, 4.69) is 68.2 Å². The van der Waals surface area contributed by atoms with Crippen molar-refractivity contribution in [3.63, 3.8) is 0 Å². The van der Waals surface area contributed by atoms with Gasteiger partial charge in [0.2, 0.25) is 0 Å². The van der Waals surface area contributed by atoms with Crippen molar-refractivity contribution in [3.8, 4) is 11.5 Å². The number of rotatable bonds is 4. The molecule has 29 heavy (non-hydrogen) atoms. The molecule has 0 atom stereocenters. The van der Waals surface area contributed by atoms with Gasteiger partial charge in [0.25, 0.3) is 5.89 Å². The Hall–Kier alpha value is -3.25. The summed E-state index contributed by atoms with van der Waals surface area (Å²) >= 11 is 0. The summed E-state index contributed by atoms with van der Waals surface area (Å²) < 4.78 is 5.48. The van der Waals surface area contributed by atoms with Crippen LogP contribution in [0.4, 0.5) is 5.69 Å². The van der Waals surface area contributed by atoms with Gasteiger partial charge in [-0.2, -0.15) is 4.98 Å². The van der Waals surface area contributed by atoms with Crippen molar-refractivity contribution >= 4 is 16.6 Å². The first kappa shape index (κ1) is 17.8. The highest BCUT2D eigenvalue weighted by Crippen LogP contribution is 2.26. The Balaban J connectivity index is 1.25. The van der Waals surface area contributed by atoms with Gasteiger partial charge in [0.1, 0.15) is 0 Å². The minimum atomic E-state index is 0.589. The van der Waals surface area contributed by atoms with Crippen molar-refractivity contribution in [1.82, 2.24) is 20.0 Å². The van der Waals surface area contributed by atoms with Crippen molar-refractivity contribution in [2.75, 3.05) is 31.1 Å². The van der Waals surface area contributed by atoms with Crippen LogP contribution in [0.15, 0.2) is 65.3 Å². The first-order valence-electron chi connectivity index (χ1n) is 9.97. The number of benzene rings is 2. The van der Waals surface area contributed by atoms with E-state index in [1.807, 2.05) is 24.4 Å². The van der Waals surface area contributed by atoms with E-state index in [1.165, 1.54) is 16.6 Å². The molecule has 1 saturated heterocycles. The van der Waals surface area contributed by atoms with E-state index in [1.54, 1.807) is 0 Å². The molecule has 0 bridgehead atoms. The molecule has 3 heterocycles. The van der Waals surface area contributed by atoms with Crippen molar-refractivity contribution in [1.29, 1.82) is 0 Å². The lowest BCUT2D eigenvalue weighted by molar-refractivity contribution is 0.240. The standard InChI is InChI=1S/C23H23N5O/c1-17-5-4-6-18(15-17)23-25-22(26-29-23)16-27-11-13-28(14-12-27)21-9-10-24-20-8-3-2-7-19(20)21/h2-10,15H,11-14,16H2,1H3. The number of piperazine rings is 1. The molecular formula is C23H23N5O. The summed E-state index contributed by atoms with van der Waals surface area (Å²) in [6, 6.07) is 18.6. The molecule has 1 aliphatic rings. The van der Waals surface area contributed by atoms with Crippen LogP contribution >= 0.6 is 0 Å². The molecule has 4 aromatic rings. The van der Waals surface area contributed by atoms with Crippen molar-refractivity contribution in [2.24, 2.45) is 0 Å². The van der Waals surface area contributed by atoms with E-state index in [-0.39, 0.29) is 0 Å². The van der Waals surface area contributed by atoms with E-state index < -0.39 is 0 Å². The van der Waals surface area contributed by atoms with Crippen LogP contribution in [0, 0.1) is 6.92 Å². The molecule has 146 valence electrons. The van der Waals surface area contributed by atoms with E-state index >= 15 is 0 Å². The Bertz CT molecular complexity index is 1130. The zero-order valence-corrected chi connectivity index (χ0v) is 16.5. The number of aryl methyl sites for hydroxylation is 1. The third-order valence-corrected chi connectivity index (χ3v) is 5.44. The van der Waals surface area contributed by atoms with Gasteiger partial charge in [0, 0.05) is 49.0 Å². The van der Waals surface area contributed by atoms with Crippen LogP contribution in [-0.4, -0.2) is 46.2 Å². The van der Waals surface area contributed by atoms with E-state index in [0.717, 1.165) is 43.1 Å². The van der Waals surface area contributed by atoms with Crippen LogP contribution in [0.3, 0.4) is 0 Å². The molecule has 0 aliphatic carbocycles. The summed E-state index contributed by atoms with van der Waals surface area (Å²) in [5, 5.41) is 5.40. The number of pyridine rings is 1. The lowest BCUT2D eigenvalue weighted by Crippen LogP contribution is -2.46. The number of aromatic nitrogens is 3. The SMILES string of the molecule is Cc1cccc(-c2nc(CN3CCN(c4ccnc5ccccc45)CC3)no2)c1. The molecule has 1 fully saturated rings. The van der Waals surface area contributed by atoms with E-state index in [4.69, 9.17) is 4.52 Å². The molecule has 0 amide bonds. The molecule has 0 saturated carbocycles. The second-order valence-electron chi connectivity index (χ2n) is 7.50. The maximum absolute atomic E-state index is 5.48. The molecule has 2 aromatic carbocycles. The normalized spacial score (nSPS) is 15.1. The van der Waals surface area contributed by atoms with Crippen molar-refractivity contribution < 1.29 is 4.52 Å². The highest BCUT2D eigenvalue weighted by atomic mass is 16.5. The minimum absolute atomic E-state index is 0.589. The third-order valence-electron chi connectivity index (χ3n) is 5.44. The van der Waals surface area contributed by atoms with Gasteiger partial charge < -0.3 is 9.42 Å². The van der Waals surface area contributed by atoms with Crippen molar-refractivity contribution in [2.45, 2.75) is 13.5 Å². The molecule has 2 aromatic heterocycles. The Kier molecular flexibility index (Phi) is 4.69. The van der Waals surface area contributed by atoms with Crippen LogP contribution in [0.5, 0.6) is 0 Å². The summed E-state index contributed by atoms with van der Waals surface area (Å²) in [4.78, 5) is 13.9. The predicted molar refractivity (Wildman–Crippen MR) is 114 cm³/mol. The monoisotopic (exact) mass is 385 g/mol. The maximum atomic E-state index is 5.48. The van der Waals surface area contributed by atoms with Gasteiger partial charge in [-0.1, -0.05) is 41.1 Å². The Morgan fingerprint density at radius 3 is 2.69 bits per heavy atom. The van der Waals surface area contributed by atoms with Gasteiger partial charge in [0.15, 0.2) is 5.82 Å².